The molecule has 0 saturated carbocycles. The van der Waals surface area contributed by atoms with Crippen molar-refractivity contribution in [3.05, 3.63) is 51.7 Å². The Labute approximate surface area is 159 Å². The molecule has 1 fully saturated rings. The third-order valence-electron chi connectivity index (χ3n) is 5.12. The molecule has 1 aliphatic rings. The molecule has 1 aromatic heterocycles. The van der Waals surface area contributed by atoms with E-state index in [1.165, 1.54) is 10.4 Å². The van der Waals surface area contributed by atoms with Crippen LogP contribution < -0.4 is 4.90 Å². The molecule has 0 spiro atoms. The fourth-order valence-corrected chi connectivity index (χ4v) is 4.43. The molecular formula is C21H25N3OS. The van der Waals surface area contributed by atoms with E-state index in [4.69, 9.17) is 5.26 Å². The van der Waals surface area contributed by atoms with Crippen molar-refractivity contribution in [2.45, 2.75) is 39.2 Å². The minimum Gasteiger partial charge on any atom is -0.310 e. The van der Waals surface area contributed by atoms with Crippen molar-refractivity contribution in [3.63, 3.8) is 0 Å². The molecule has 4 nitrogen and oxygen atoms in total. The second-order valence-corrected chi connectivity index (χ2v) is 7.85. The van der Waals surface area contributed by atoms with Gasteiger partial charge in [0.25, 0.3) is 0 Å². The van der Waals surface area contributed by atoms with Crippen LogP contribution in [0.5, 0.6) is 0 Å². The summed E-state index contributed by atoms with van der Waals surface area (Å²) in [5.41, 5.74) is 3.26. The van der Waals surface area contributed by atoms with Gasteiger partial charge >= 0.3 is 0 Å². The number of likely N-dealkylation sites (tertiary alicyclic amines) is 1. The predicted molar refractivity (Wildman–Crippen MR) is 106 cm³/mol. The number of thiophene rings is 1. The van der Waals surface area contributed by atoms with Gasteiger partial charge in [-0.05, 0) is 67.9 Å². The fourth-order valence-electron chi connectivity index (χ4n) is 3.53. The quantitative estimate of drug-likeness (QED) is 0.758. The number of hydrogen-bond acceptors (Lipinski definition) is 4. The zero-order valence-electron chi connectivity index (χ0n) is 15.4. The standard InChI is InChI=1S/C21H25N3OS/c1-16-8-9-18(14-17(16)2)24(12-5-10-22)21(25)15-23-11-3-6-19(23)20-7-4-13-26-20/h4,7-9,13-14,19H,3,5-6,11-12,15H2,1-2H3. The summed E-state index contributed by atoms with van der Waals surface area (Å²) in [5, 5.41) is 11.1. The number of amides is 1. The number of hydrogen-bond donors (Lipinski definition) is 0. The van der Waals surface area contributed by atoms with Gasteiger partial charge in [-0.1, -0.05) is 12.1 Å². The molecule has 5 heteroatoms. The molecule has 26 heavy (non-hydrogen) atoms. The maximum Gasteiger partial charge on any atom is 0.241 e. The molecule has 136 valence electrons. The lowest BCUT2D eigenvalue weighted by Crippen LogP contribution is -2.40. The Morgan fingerprint density at radius 2 is 2.19 bits per heavy atom. The van der Waals surface area contributed by atoms with Crippen molar-refractivity contribution in [1.82, 2.24) is 4.90 Å². The van der Waals surface area contributed by atoms with Crippen LogP contribution in [0, 0.1) is 25.2 Å². The molecule has 0 radical (unpaired) electrons. The summed E-state index contributed by atoms with van der Waals surface area (Å²) in [4.78, 5) is 18.5. The smallest absolute Gasteiger partial charge is 0.241 e. The van der Waals surface area contributed by atoms with E-state index >= 15 is 0 Å². The first-order valence-corrected chi connectivity index (χ1v) is 10.00. The predicted octanol–water partition coefficient (Wildman–Crippen LogP) is 4.45. The highest BCUT2D eigenvalue weighted by Gasteiger charge is 2.30. The second-order valence-electron chi connectivity index (χ2n) is 6.87. The fraction of sp³-hybridized carbons (Fsp3) is 0.429. The first-order chi connectivity index (χ1) is 12.6. The Balaban J connectivity index is 1.77. The van der Waals surface area contributed by atoms with E-state index < -0.39 is 0 Å². The summed E-state index contributed by atoms with van der Waals surface area (Å²) in [6.07, 6.45) is 2.57. The van der Waals surface area contributed by atoms with Gasteiger partial charge in [0.15, 0.2) is 0 Å². The van der Waals surface area contributed by atoms with Gasteiger partial charge in [-0.2, -0.15) is 5.26 Å². The number of anilines is 1. The van der Waals surface area contributed by atoms with E-state index in [0.717, 1.165) is 30.6 Å². The van der Waals surface area contributed by atoms with Crippen molar-refractivity contribution >= 4 is 22.9 Å². The average molecular weight is 368 g/mol. The Morgan fingerprint density at radius 3 is 2.88 bits per heavy atom. The minimum atomic E-state index is 0.0759. The number of carbonyl (C=O) groups excluding carboxylic acids is 1. The van der Waals surface area contributed by atoms with E-state index in [0.29, 0.717) is 25.6 Å². The lowest BCUT2D eigenvalue weighted by Gasteiger charge is -2.28. The monoisotopic (exact) mass is 367 g/mol. The van der Waals surface area contributed by atoms with E-state index in [1.807, 2.05) is 18.2 Å². The molecule has 1 amide bonds. The van der Waals surface area contributed by atoms with Crippen molar-refractivity contribution in [2.75, 3.05) is 24.5 Å². The molecule has 1 atom stereocenters. The number of benzene rings is 1. The highest BCUT2D eigenvalue weighted by Crippen LogP contribution is 2.34. The van der Waals surface area contributed by atoms with Crippen LogP contribution in [0.2, 0.25) is 0 Å². The van der Waals surface area contributed by atoms with Crippen LogP contribution in [0.3, 0.4) is 0 Å². The Kier molecular flexibility index (Phi) is 6.08. The third kappa shape index (κ3) is 4.14. The van der Waals surface area contributed by atoms with Crippen molar-refractivity contribution in [2.24, 2.45) is 0 Å². The molecule has 1 unspecified atom stereocenters. The molecule has 1 aliphatic heterocycles. The van der Waals surface area contributed by atoms with Gasteiger partial charge in [-0.25, -0.2) is 0 Å². The summed E-state index contributed by atoms with van der Waals surface area (Å²) in [6, 6.07) is 12.8. The second kappa shape index (κ2) is 8.48. The summed E-state index contributed by atoms with van der Waals surface area (Å²) in [5.74, 6) is 0.0759. The van der Waals surface area contributed by atoms with Crippen LogP contribution >= 0.6 is 11.3 Å². The molecule has 2 heterocycles. The van der Waals surface area contributed by atoms with E-state index in [9.17, 15) is 4.79 Å². The molecule has 3 rings (SSSR count). The largest absolute Gasteiger partial charge is 0.310 e. The van der Waals surface area contributed by atoms with E-state index in [-0.39, 0.29) is 5.91 Å². The first-order valence-electron chi connectivity index (χ1n) is 9.12. The van der Waals surface area contributed by atoms with Crippen LogP contribution in [-0.2, 0) is 4.79 Å². The van der Waals surface area contributed by atoms with Crippen molar-refractivity contribution < 1.29 is 4.79 Å². The highest BCUT2D eigenvalue weighted by atomic mass is 32.1. The van der Waals surface area contributed by atoms with E-state index in [2.05, 4.69) is 42.3 Å². The van der Waals surface area contributed by atoms with Crippen LogP contribution in [0.15, 0.2) is 35.7 Å². The third-order valence-corrected chi connectivity index (χ3v) is 6.10. The zero-order valence-corrected chi connectivity index (χ0v) is 16.3. The molecule has 1 aromatic carbocycles. The molecule has 1 saturated heterocycles. The number of carbonyl (C=O) groups is 1. The molecule has 0 N–H and O–H groups in total. The van der Waals surface area contributed by atoms with Crippen LogP contribution in [0.4, 0.5) is 5.69 Å². The Morgan fingerprint density at radius 1 is 1.35 bits per heavy atom. The summed E-state index contributed by atoms with van der Waals surface area (Å²) in [7, 11) is 0. The van der Waals surface area contributed by atoms with Gasteiger partial charge in [0.05, 0.1) is 19.0 Å². The van der Waals surface area contributed by atoms with Crippen molar-refractivity contribution in [1.29, 1.82) is 5.26 Å². The Hall–Kier alpha value is -2.16. The maximum atomic E-state index is 13.1. The van der Waals surface area contributed by atoms with Crippen molar-refractivity contribution in [3.8, 4) is 6.07 Å². The zero-order chi connectivity index (χ0) is 18.5. The number of rotatable bonds is 6. The lowest BCUT2D eigenvalue weighted by atomic mass is 10.1. The van der Waals surface area contributed by atoms with Gasteiger partial charge in [0, 0.05) is 23.2 Å². The van der Waals surface area contributed by atoms with Crippen LogP contribution in [0.1, 0.15) is 41.3 Å². The normalized spacial score (nSPS) is 17.2. The van der Waals surface area contributed by atoms with E-state index in [1.54, 1.807) is 16.2 Å². The number of nitrogens with zero attached hydrogens (tertiary/aromatic N) is 3. The summed E-state index contributed by atoms with van der Waals surface area (Å²) in [6.45, 7) is 5.92. The van der Waals surface area contributed by atoms with Gasteiger partial charge < -0.3 is 4.90 Å². The average Bonchev–Trinajstić information content (AvgIpc) is 3.29. The SMILES string of the molecule is Cc1ccc(N(CCC#N)C(=O)CN2CCCC2c2cccs2)cc1C. The summed E-state index contributed by atoms with van der Waals surface area (Å²) < 4.78 is 0. The molecular weight excluding hydrogens is 342 g/mol. The maximum absolute atomic E-state index is 13.1. The number of aryl methyl sites for hydroxylation is 2. The van der Waals surface area contributed by atoms with Crippen LogP contribution in [-0.4, -0.2) is 30.4 Å². The first kappa shape index (κ1) is 18.6. The van der Waals surface area contributed by atoms with Gasteiger partial charge in [-0.15, -0.1) is 11.3 Å². The minimum absolute atomic E-state index is 0.0759. The topological polar surface area (TPSA) is 47.3 Å². The number of nitriles is 1. The Bertz CT molecular complexity index is 794. The summed E-state index contributed by atoms with van der Waals surface area (Å²) >= 11 is 1.76. The molecule has 0 aliphatic carbocycles. The lowest BCUT2D eigenvalue weighted by molar-refractivity contribution is -0.120. The molecule has 0 bridgehead atoms. The molecule has 2 aromatic rings. The van der Waals surface area contributed by atoms with Gasteiger partial charge in [-0.3, -0.25) is 9.69 Å². The van der Waals surface area contributed by atoms with Gasteiger partial charge in [0.1, 0.15) is 0 Å². The highest BCUT2D eigenvalue weighted by molar-refractivity contribution is 7.10. The van der Waals surface area contributed by atoms with Gasteiger partial charge in [0.2, 0.25) is 5.91 Å². The van der Waals surface area contributed by atoms with Crippen LogP contribution in [0.25, 0.3) is 0 Å².